The highest BCUT2D eigenvalue weighted by Gasteiger charge is 2.15. The van der Waals surface area contributed by atoms with E-state index < -0.39 is 0 Å². The van der Waals surface area contributed by atoms with Gasteiger partial charge >= 0.3 is 5.97 Å². The lowest BCUT2D eigenvalue weighted by molar-refractivity contribution is -0.141. The molecule has 0 aromatic heterocycles. The molecule has 2 nitrogen and oxygen atoms in total. The molecule has 0 heterocycles. The third-order valence-electron chi connectivity index (χ3n) is 2.37. The van der Waals surface area contributed by atoms with Crippen LogP contribution in [0.25, 0.3) is 0 Å². The molecule has 0 fully saturated rings. The fraction of sp³-hybridized carbons (Fsp3) is 0.417. The number of esters is 1. The molecule has 0 aliphatic carbocycles. The second kappa shape index (κ2) is 6.62. The van der Waals surface area contributed by atoms with Gasteiger partial charge in [0.15, 0.2) is 0 Å². The van der Waals surface area contributed by atoms with Crippen LogP contribution in [0.4, 0.5) is 0 Å². The first-order valence-electron chi connectivity index (χ1n) is 4.95. The summed E-state index contributed by atoms with van der Waals surface area (Å²) < 4.78 is 4.69. The molecule has 1 rings (SSSR count). The van der Waals surface area contributed by atoms with Crippen LogP contribution >= 0.6 is 15.9 Å². The predicted molar refractivity (Wildman–Crippen MR) is 64.2 cm³/mol. The van der Waals surface area contributed by atoms with Crippen molar-refractivity contribution in [3.8, 4) is 0 Å². The lowest BCUT2D eigenvalue weighted by Gasteiger charge is -2.14. The number of carbonyl (C=O) groups is 1. The quantitative estimate of drug-likeness (QED) is 0.607. The van der Waals surface area contributed by atoms with Crippen molar-refractivity contribution < 1.29 is 9.53 Å². The van der Waals surface area contributed by atoms with Gasteiger partial charge in [0.05, 0.1) is 13.5 Å². The Hall–Kier alpha value is -0.830. The minimum absolute atomic E-state index is 0.148. The maximum Gasteiger partial charge on any atom is 0.306 e. The van der Waals surface area contributed by atoms with Crippen LogP contribution in [0, 0.1) is 0 Å². The van der Waals surface area contributed by atoms with Crippen molar-refractivity contribution in [3.63, 3.8) is 0 Å². The zero-order chi connectivity index (χ0) is 11.1. The molecular formula is C12H15BrO2. The molecule has 1 unspecified atom stereocenters. The maximum absolute atomic E-state index is 11.2. The molecular weight excluding hydrogens is 256 g/mol. The molecule has 3 heteroatoms. The van der Waals surface area contributed by atoms with Crippen molar-refractivity contribution in [2.24, 2.45) is 0 Å². The van der Waals surface area contributed by atoms with Gasteiger partial charge in [-0.25, -0.2) is 0 Å². The number of hydrogen-bond donors (Lipinski definition) is 0. The first kappa shape index (κ1) is 12.2. The molecule has 0 saturated carbocycles. The molecule has 0 radical (unpaired) electrons. The molecule has 0 spiro atoms. The molecule has 0 aliphatic rings. The van der Waals surface area contributed by atoms with E-state index in [-0.39, 0.29) is 11.9 Å². The summed E-state index contributed by atoms with van der Waals surface area (Å²) in [6.45, 7) is 0. The Bertz CT molecular complexity index is 298. The van der Waals surface area contributed by atoms with Crippen LogP contribution in [0.5, 0.6) is 0 Å². The van der Waals surface area contributed by atoms with Crippen molar-refractivity contribution in [1.29, 1.82) is 0 Å². The summed E-state index contributed by atoms with van der Waals surface area (Å²) in [6.07, 6.45) is 1.39. The summed E-state index contributed by atoms with van der Waals surface area (Å²) in [5, 5.41) is 0.892. The summed E-state index contributed by atoms with van der Waals surface area (Å²) in [7, 11) is 1.43. The van der Waals surface area contributed by atoms with E-state index in [4.69, 9.17) is 4.74 Å². The third kappa shape index (κ3) is 4.04. The van der Waals surface area contributed by atoms with Gasteiger partial charge in [-0.15, -0.1) is 0 Å². The number of rotatable bonds is 5. The Labute approximate surface area is 98.8 Å². The molecule has 1 aromatic rings. The fourth-order valence-electron chi connectivity index (χ4n) is 1.53. The Balaban J connectivity index is 2.70. The van der Waals surface area contributed by atoms with E-state index in [0.717, 1.165) is 11.8 Å². The van der Waals surface area contributed by atoms with Gasteiger partial charge in [-0.2, -0.15) is 0 Å². The first-order valence-corrected chi connectivity index (χ1v) is 6.07. The van der Waals surface area contributed by atoms with Crippen LogP contribution in [0.3, 0.4) is 0 Å². The minimum Gasteiger partial charge on any atom is -0.469 e. The van der Waals surface area contributed by atoms with E-state index in [1.165, 1.54) is 12.7 Å². The Morgan fingerprint density at radius 2 is 2.07 bits per heavy atom. The van der Waals surface area contributed by atoms with Gasteiger partial charge in [0, 0.05) is 5.33 Å². The third-order valence-corrected chi connectivity index (χ3v) is 2.83. The Morgan fingerprint density at radius 3 is 2.60 bits per heavy atom. The summed E-state index contributed by atoms with van der Waals surface area (Å²) in [5.74, 6) is 0.0998. The monoisotopic (exact) mass is 270 g/mol. The zero-order valence-corrected chi connectivity index (χ0v) is 10.4. The number of benzene rings is 1. The molecule has 0 bridgehead atoms. The van der Waals surface area contributed by atoms with Crippen LogP contribution in [0.15, 0.2) is 30.3 Å². The highest BCUT2D eigenvalue weighted by molar-refractivity contribution is 9.09. The van der Waals surface area contributed by atoms with Gasteiger partial charge in [0.2, 0.25) is 0 Å². The predicted octanol–water partition coefficient (Wildman–Crippen LogP) is 3.12. The molecule has 0 N–H and O–H groups in total. The summed E-state index contributed by atoms with van der Waals surface area (Å²) in [4.78, 5) is 11.2. The standard InChI is InChI=1S/C12H15BrO2/c1-15-12(14)9-11(7-8-13)10-5-3-2-4-6-10/h2-6,11H,7-9H2,1H3. The fourth-order valence-corrected chi connectivity index (χ4v) is 2.08. The molecule has 82 valence electrons. The number of hydrogen-bond acceptors (Lipinski definition) is 2. The maximum atomic E-state index is 11.2. The van der Waals surface area contributed by atoms with E-state index in [9.17, 15) is 4.79 Å². The largest absolute Gasteiger partial charge is 0.469 e. The van der Waals surface area contributed by atoms with Gasteiger partial charge in [-0.05, 0) is 17.9 Å². The van der Waals surface area contributed by atoms with Crippen molar-refractivity contribution in [1.82, 2.24) is 0 Å². The Morgan fingerprint density at radius 1 is 1.40 bits per heavy atom. The van der Waals surface area contributed by atoms with E-state index in [1.807, 2.05) is 18.2 Å². The SMILES string of the molecule is COC(=O)CC(CCBr)c1ccccc1. The van der Waals surface area contributed by atoms with Crippen molar-refractivity contribution in [2.75, 3.05) is 12.4 Å². The average Bonchev–Trinajstić information content (AvgIpc) is 2.29. The molecule has 0 aliphatic heterocycles. The average molecular weight is 271 g/mol. The van der Waals surface area contributed by atoms with Gasteiger partial charge < -0.3 is 4.74 Å². The first-order chi connectivity index (χ1) is 7.27. The molecule has 0 amide bonds. The van der Waals surface area contributed by atoms with Crippen LogP contribution < -0.4 is 0 Å². The second-order valence-electron chi connectivity index (χ2n) is 3.37. The van der Waals surface area contributed by atoms with Crippen molar-refractivity contribution in [3.05, 3.63) is 35.9 Å². The summed E-state index contributed by atoms with van der Waals surface area (Å²) in [5.41, 5.74) is 1.20. The Kier molecular flexibility index (Phi) is 5.40. The molecule has 15 heavy (non-hydrogen) atoms. The highest BCUT2D eigenvalue weighted by atomic mass is 79.9. The van der Waals surface area contributed by atoms with Crippen LogP contribution in [0.1, 0.15) is 24.3 Å². The topological polar surface area (TPSA) is 26.3 Å². The van der Waals surface area contributed by atoms with Crippen LogP contribution in [-0.4, -0.2) is 18.4 Å². The van der Waals surface area contributed by atoms with Crippen LogP contribution in [0.2, 0.25) is 0 Å². The number of alkyl halides is 1. The van der Waals surface area contributed by atoms with Crippen LogP contribution in [-0.2, 0) is 9.53 Å². The van der Waals surface area contributed by atoms with Gasteiger partial charge in [-0.1, -0.05) is 46.3 Å². The lowest BCUT2D eigenvalue weighted by Crippen LogP contribution is -2.09. The summed E-state index contributed by atoms with van der Waals surface area (Å²) >= 11 is 3.41. The van der Waals surface area contributed by atoms with E-state index in [2.05, 4.69) is 28.1 Å². The second-order valence-corrected chi connectivity index (χ2v) is 4.16. The number of ether oxygens (including phenoxy) is 1. The van der Waals surface area contributed by atoms with Gasteiger partial charge in [0.1, 0.15) is 0 Å². The highest BCUT2D eigenvalue weighted by Crippen LogP contribution is 2.24. The zero-order valence-electron chi connectivity index (χ0n) is 8.78. The number of halogens is 1. The molecule has 0 saturated heterocycles. The van der Waals surface area contributed by atoms with E-state index in [0.29, 0.717) is 6.42 Å². The van der Waals surface area contributed by atoms with E-state index in [1.54, 1.807) is 0 Å². The number of carbonyl (C=O) groups excluding carboxylic acids is 1. The van der Waals surface area contributed by atoms with Crippen molar-refractivity contribution in [2.45, 2.75) is 18.8 Å². The molecule has 1 aromatic carbocycles. The normalized spacial score (nSPS) is 12.1. The lowest BCUT2D eigenvalue weighted by atomic mass is 9.93. The van der Waals surface area contributed by atoms with Crippen molar-refractivity contribution >= 4 is 21.9 Å². The van der Waals surface area contributed by atoms with Gasteiger partial charge in [0.25, 0.3) is 0 Å². The smallest absolute Gasteiger partial charge is 0.306 e. The molecule has 1 atom stereocenters. The van der Waals surface area contributed by atoms with E-state index >= 15 is 0 Å². The summed E-state index contributed by atoms with van der Waals surface area (Å²) in [6, 6.07) is 10.1. The van der Waals surface area contributed by atoms with Gasteiger partial charge in [-0.3, -0.25) is 4.79 Å². The number of methoxy groups -OCH3 is 1. The minimum atomic E-state index is -0.148.